The van der Waals surface area contributed by atoms with Crippen molar-refractivity contribution in [1.29, 1.82) is 0 Å². The van der Waals surface area contributed by atoms with Gasteiger partial charge in [0.25, 0.3) is 0 Å². The Balaban J connectivity index is 1.84. The first-order chi connectivity index (χ1) is 10.7. The molecule has 1 aliphatic heterocycles. The number of nitrogens with zero attached hydrogens (tertiary/aromatic N) is 2. The zero-order valence-electron chi connectivity index (χ0n) is 12.9. The van der Waals surface area contributed by atoms with E-state index in [1.165, 1.54) is 0 Å². The van der Waals surface area contributed by atoms with Gasteiger partial charge in [0.15, 0.2) is 0 Å². The van der Waals surface area contributed by atoms with Gasteiger partial charge in [0.1, 0.15) is 0 Å². The first-order valence-electron chi connectivity index (χ1n) is 7.74. The van der Waals surface area contributed by atoms with Crippen LogP contribution in [0.25, 0.3) is 0 Å². The lowest BCUT2D eigenvalue weighted by Crippen LogP contribution is -2.36. The van der Waals surface area contributed by atoms with E-state index >= 15 is 0 Å². The third-order valence-corrected chi connectivity index (χ3v) is 4.20. The average molecular weight is 293 g/mol. The zero-order valence-corrected chi connectivity index (χ0v) is 12.9. The monoisotopic (exact) mass is 293 g/mol. The molecule has 0 aliphatic carbocycles. The highest BCUT2D eigenvalue weighted by Gasteiger charge is 2.30. The quantitative estimate of drug-likeness (QED) is 0.865. The Kier molecular flexibility index (Phi) is 4.54. The third-order valence-electron chi connectivity index (χ3n) is 4.20. The summed E-state index contributed by atoms with van der Waals surface area (Å²) in [4.78, 5) is 17.1. The van der Waals surface area contributed by atoms with Crippen molar-refractivity contribution in [2.24, 2.45) is 5.92 Å². The number of hydrogen-bond acceptors (Lipinski definition) is 2. The lowest BCUT2D eigenvalue weighted by Gasteiger charge is -2.26. The molecular weight excluding hydrogens is 272 g/mol. The zero-order chi connectivity index (χ0) is 15.4. The van der Waals surface area contributed by atoms with Gasteiger partial charge in [-0.05, 0) is 43.8 Å². The fourth-order valence-electron chi connectivity index (χ4n) is 2.98. The minimum absolute atomic E-state index is 0.0953. The second kappa shape index (κ2) is 6.75. The summed E-state index contributed by atoms with van der Waals surface area (Å²) in [6, 6.07) is 20.8. The topological polar surface area (TPSA) is 23.6 Å². The molecule has 3 rings (SSSR count). The van der Waals surface area contributed by atoms with E-state index < -0.39 is 0 Å². The fraction of sp³-hybridized carbons (Fsp3) is 0.316. The van der Waals surface area contributed by atoms with Gasteiger partial charge in [0.2, 0.25) is 5.91 Å². The van der Waals surface area contributed by atoms with Crippen molar-refractivity contribution in [2.75, 3.05) is 25.0 Å². The van der Waals surface area contributed by atoms with E-state index in [2.05, 4.69) is 30.1 Å². The van der Waals surface area contributed by atoms with Gasteiger partial charge in [-0.25, -0.2) is 0 Å². The molecule has 1 radical (unpaired) electrons. The van der Waals surface area contributed by atoms with Gasteiger partial charge >= 0.3 is 0 Å². The van der Waals surface area contributed by atoms with Gasteiger partial charge in [-0.15, -0.1) is 0 Å². The molecule has 0 saturated carbocycles. The maximum Gasteiger partial charge on any atom is 0.231 e. The second-order valence-electron chi connectivity index (χ2n) is 5.92. The summed E-state index contributed by atoms with van der Waals surface area (Å²) >= 11 is 0. The Bertz CT molecular complexity index is 612. The lowest BCUT2D eigenvalue weighted by molar-refractivity contribution is -0.122. The Morgan fingerprint density at radius 1 is 1.23 bits per heavy atom. The molecule has 3 nitrogen and oxygen atoms in total. The molecule has 22 heavy (non-hydrogen) atoms. The number of benzene rings is 2. The molecule has 0 bridgehead atoms. The first kappa shape index (κ1) is 14.8. The Hall–Kier alpha value is -2.13. The van der Waals surface area contributed by atoms with E-state index in [4.69, 9.17) is 0 Å². The summed E-state index contributed by atoms with van der Waals surface area (Å²) in [5, 5.41) is 0. The summed E-state index contributed by atoms with van der Waals surface area (Å²) in [5.74, 6) is 0.317. The van der Waals surface area contributed by atoms with Gasteiger partial charge in [-0.3, -0.25) is 4.79 Å². The van der Waals surface area contributed by atoms with Crippen LogP contribution >= 0.6 is 0 Å². The maximum atomic E-state index is 13.0. The van der Waals surface area contributed by atoms with Gasteiger partial charge in [-0.2, -0.15) is 0 Å². The summed E-state index contributed by atoms with van der Waals surface area (Å²) in [7, 11) is 2.08. The average Bonchev–Trinajstić information content (AvgIpc) is 3.00. The number of anilines is 1. The Labute approximate surface area is 132 Å². The van der Waals surface area contributed by atoms with Gasteiger partial charge in [0.05, 0.1) is 12.5 Å². The molecule has 3 heteroatoms. The number of carbonyl (C=O) groups excluding carboxylic acids is 1. The highest BCUT2D eigenvalue weighted by Crippen LogP contribution is 2.23. The molecule has 0 spiro atoms. The predicted molar refractivity (Wildman–Crippen MR) is 88.5 cm³/mol. The van der Waals surface area contributed by atoms with Crippen LogP contribution in [0, 0.1) is 12.0 Å². The minimum Gasteiger partial charge on any atom is -0.308 e. The number of hydrogen-bond donors (Lipinski definition) is 0. The molecule has 0 unspecified atom stereocenters. The van der Waals surface area contributed by atoms with Crippen molar-refractivity contribution in [2.45, 2.75) is 13.0 Å². The third kappa shape index (κ3) is 3.37. The number of carbonyl (C=O) groups is 1. The fourth-order valence-corrected chi connectivity index (χ4v) is 2.98. The summed E-state index contributed by atoms with van der Waals surface area (Å²) in [5.41, 5.74) is 2.09. The van der Waals surface area contributed by atoms with Crippen LogP contribution < -0.4 is 4.90 Å². The van der Waals surface area contributed by atoms with Crippen molar-refractivity contribution >= 4 is 11.6 Å². The molecule has 2 aromatic rings. The summed E-state index contributed by atoms with van der Waals surface area (Å²) < 4.78 is 0. The van der Waals surface area contributed by atoms with Crippen molar-refractivity contribution < 1.29 is 4.79 Å². The van der Waals surface area contributed by atoms with E-state index in [0.717, 1.165) is 30.8 Å². The van der Waals surface area contributed by atoms with Gasteiger partial charge in [-0.1, -0.05) is 42.5 Å². The number of rotatable bonds is 4. The Morgan fingerprint density at radius 3 is 2.59 bits per heavy atom. The summed E-state index contributed by atoms with van der Waals surface area (Å²) in [6.07, 6.45) is 0.944. The number of likely N-dealkylation sites (tertiary alicyclic amines) is 1. The van der Waals surface area contributed by atoms with Crippen LogP contribution in [0.3, 0.4) is 0 Å². The van der Waals surface area contributed by atoms with Crippen molar-refractivity contribution in [3.8, 4) is 0 Å². The minimum atomic E-state index is 0.0953. The maximum absolute atomic E-state index is 13.0. The van der Waals surface area contributed by atoms with Crippen LogP contribution in [0.5, 0.6) is 0 Å². The van der Waals surface area contributed by atoms with Crippen LogP contribution in [-0.4, -0.2) is 30.9 Å². The molecule has 1 amide bonds. The second-order valence-corrected chi connectivity index (χ2v) is 5.92. The van der Waals surface area contributed by atoms with E-state index in [1.807, 2.05) is 47.4 Å². The highest BCUT2D eigenvalue weighted by molar-refractivity contribution is 5.95. The standard InChI is InChI=1S/C19H21N2O/c1-20-13-12-17(15-20)19(22)21(18-10-6-3-7-11-18)14-16-8-4-2-5-9-16/h2,4-11,17H,12-15H2,1H3/t17-/m1/s1. The largest absolute Gasteiger partial charge is 0.308 e. The molecule has 2 aromatic carbocycles. The molecule has 1 aliphatic rings. The lowest BCUT2D eigenvalue weighted by atomic mass is 10.1. The van der Waals surface area contributed by atoms with E-state index in [9.17, 15) is 4.79 Å². The van der Waals surface area contributed by atoms with Crippen molar-refractivity contribution in [3.05, 3.63) is 66.2 Å². The summed E-state index contributed by atoms with van der Waals surface area (Å²) in [6.45, 7) is 2.46. The number of amides is 1. The van der Waals surface area contributed by atoms with Crippen molar-refractivity contribution in [3.63, 3.8) is 0 Å². The first-order valence-corrected chi connectivity index (χ1v) is 7.74. The van der Waals surface area contributed by atoms with Crippen LogP contribution in [0.15, 0.2) is 54.6 Å². The van der Waals surface area contributed by atoms with Gasteiger partial charge in [0, 0.05) is 12.2 Å². The molecular formula is C19H21N2O. The predicted octanol–water partition coefficient (Wildman–Crippen LogP) is 2.97. The van der Waals surface area contributed by atoms with E-state index in [0.29, 0.717) is 6.54 Å². The van der Waals surface area contributed by atoms with E-state index in [-0.39, 0.29) is 11.8 Å². The molecule has 1 fully saturated rings. The molecule has 113 valence electrons. The van der Waals surface area contributed by atoms with Crippen LogP contribution in [0.1, 0.15) is 12.0 Å². The van der Waals surface area contributed by atoms with Gasteiger partial charge < -0.3 is 9.80 Å². The molecule has 1 atom stereocenters. The van der Waals surface area contributed by atoms with Crippen molar-refractivity contribution in [1.82, 2.24) is 4.90 Å². The molecule has 1 saturated heterocycles. The van der Waals surface area contributed by atoms with Crippen LogP contribution in [0.4, 0.5) is 5.69 Å². The Morgan fingerprint density at radius 2 is 1.95 bits per heavy atom. The molecule has 0 N–H and O–H groups in total. The molecule has 1 heterocycles. The molecule has 0 aromatic heterocycles. The smallest absolute Gasteiger partial charge is 0.231 e. The van der Waals surface area contributed by atoms with Crippen LogP contribution in [0.2, 0.25) is 0 Å². The normalized spacial score (nSPS) is 18.3. The highest BCUT2D eigenvalue weighted by atomic mass is 16.2. The SMILES string of the molecule is CN1CC[C@@H](C(=O)N(Cc2ccccc2)c2cc[c]cc2)C1. The van der Waals surface area contributed by atoms with Crippen LogP contribution in [-0.2, 0) is 11.3 Å². The van der Waals surface area contributed by atoms with E-state index in [1.54, 1.807) is 0 Å².